The van der Waals surface area contributed by atoms with E-state index in [1.54, 1.807) is 30.3 Å². The first-order valence-corrected chi connectivity index (χ1v) is 19.4. The number of carbonyl (C=O) groups is 8. The Kier molecular flexibility index (Phi) is 17.3. The average molecular weight is 855 g/mol. The van der Waals surface area contributed by atoms with Crippen LogP contribution in [0.2, 0.25) is 0 Å². The number of rotatable bonds is 21. The van der Waals surface area contributed by atoms with Crippen molar-refractivity contribution in [2.24, 2.45) is 5.73 Å². The number of carboxylic acids is 1. The number of halogens is 1. The van der Waals surface area contributed by atoms with Crippen LogP contribution < -0.4 is 57.3 Å². The van der Waals surface area contributed by atoms with Crippen molar-refractivity contribution in [2.45, 2.75) is 56.3 Å². The second kappa shape index (κ2) is 21.6. The van der Waals surface area contributed by atoms with Crippen molar-refractivity contribution in [3.05, 3.63) is 65.7 Å². The molecule has 1 aliphatic rings. The van der Waals surface area contributed by atoms with Gasteiger partial charge >= 0.3 is 169 Å². The fraction of sp³-hybridized carbons (Fsp3) is 0.394. The molecule has 282 valence electrons. The molecule has 3 rings (SSSR count). The summed E-state index contributed by atoms with van der Waals surface area (Å²) in [6.07, 6.45) is -0.588. The number of hydrogen-bond acceptors (Lipinski definition) is 11. The van der Waals surface area contributed by atoms with Crippen LogP contribution >= 0.6 is 11.8 Å². The molecule has 17 nitrogen and oxygen atoms in total. The molecule has 0 unspecified atom stereocenters. The van der Waals surface area contributed by atoms with E-state index in [1.165, 1.54) is 36.0 Å². The number of carbonyl (C=O) groups excluding carboxylic acids is 7. The fourth-order valence-electron chi connectivity index (χ4n) is 4.82. The van der Waals surface area contributed by atoms with Gasteiger partial charge in [-0.1, -0.05) is 30.3 Å². The van der Waals surface area contributed by atoms with E-state index in [-0.39, 0.29) is 41.1 Å². The molecular formula is C33H41IN7O10S-. The summed E-state index contributed by atoms with van der Waals surface area (Å²) in [7, 11) is 0. The molecule has 1 saturated heterocycles. The molecule has 19 heteroatoms. The third-order valence-corrected chi connectivity index (χ3v) is 10.3. The average Bonchev–Trinajstić information content (AvgIpc) is 3.09. The third-order valence-electron chi connectivity index (χ3n) is 7.37. The number of benzene rings is 2. The predicted molar refractivity (Wildman–Crippen MR) is 184 cm³/mol. The minimum atomic E-state index is -1.69. The van der Waals surface area contributed by atoms with E-state index in [4.69, 9.17) is 5.73 Å². The van der Waals surface area contributed by atoms with E-state index in [0.29, 0.717) is 29.8 Å². The van der Waals surface area contributed by atoms with Crippen LogP contribution in [0, 0.1) is 0 Å². The van der Waals surface area contributed by atoms with E-state index < -0.39 is 93.5 Å². The summed E-state index contributed by atoms with van der Waals surface area (Å²) in [6.45, 7) is 0.565. The van der Waals surface area contributed by atoms with Crippen molar-refractivity contribution >= 4 is 57.0 Å². The van der Waals surface area contributed by atoms with Gasteiger partial charge in [-0.2, -0.15) is 11.8 Å². The molecule has 52 heavy (non-hydrogen) atoms. The Hall–Kier alpha value is -4.76. The Balaban J connectivity index is 1.77. The molecule has 0 saturated carbocycles. The maximum atomic E-state index is 13.8. The van der Waals surface area contributed by atoms with Crippen LogP contribution in [0.1, 0.15) is 30.4 Å². The fourth-order valence-corrected chi connectivity index (χ4v) is 7.19. The Bertz CT molecular complexity index is 1600. The van der Waals surface area contributed by atoms with Gasteiger partial charge in [0.2, 0.25) is 11.8 Å². The summed E-state index contributed by atoms with van der Waals surface area (Å²) < 4.78 is 2.19. The Labute approximate surface area is 314 Å². The topological polar surface area (TPSA) is 275 Å². The molecular weight excluding hydrogens is 813 g/mol. The number of aliphatic carboxylic acids is 1. The minimum absolute atomic E-state index is 0.0180. The van der Waals surface area contributed by atoms with Crippen molar-refractivity contribution in [2.75, 3.05) is 24.6 Å². The zero-order valence-electron chi connectivity index (χ0n) is 27.9. The normalized spacial score (nSPS) is 15.8. The monoisotopic (exact) mass is 854 g/mol. The van der Waals surface area contributed by atoms with Gasteiger partial charge in [-0.3, -0.25) is 9.59 Å². The molecule has 2 aromatic carbocycles. The van der Waals surface area contributed by atoms with Crippen LogP contribution in [0.15, 0.2) is 54.6 Å². The van der Waals surface area contributed by atoms with Crippen LogP contribution in [0.25, 0.3) is 0 Å². The number of thioether (sulfide) groups is 1. The summed E-state index contributed by atoms with van der Waals surface area (Å²) in [6, 6.07) is 9.11. The summed E-state index contributed by atoms with van der Waals surface area (Å²) in [5.41, 5.74) is 6.30. The number of carboxylic acid groups (broad SMARTS) is 1. The molecule has 1 fully saturated rings. The van der Waals surface area contributed by atoms with Gasteiger partial charge in [0.25, 0.3) is 0 Å². The number of nitrogens with two attached hydrogens (primary N) is 1. The van der Waals surface area contributed by atoms with Crippen LogP contribution in [0.5, 0.6) is 5.75 Å². The van der Waals surface area contributed by atoms with Crippen LogP contribution in [0.3, 0.4) is 0 Å². The first kappa shape index (κ1) is 41.7. The Morgan fingerprint density at radius 1 is 0.865 bits per heavy atom. The molecule has 2 aromatic rings. The third kappa shape index (κ3) is 15.2. The van der Waals surface area contributed by atoms with Crippen molar-refractivity contribution in [3.63, 3.8) is 0 Å². The SMILES string of the molecule is NC(=O)CNCCCSCC(=O)N[C@@H](Cc1ccccc1)C(=O)N[C@@H](Cc1ccc(O)cc1)C(=O)N[C@@H](CC(=O)O)C(=O)N[C@H]1CC(=O)[I-]NC1=O. The van der Waals surface area contributed by atoms with E-state index in [0.717, 1.165) is 0 Å². The number of aromatic hydroxyl groups is 1. The second-order valence-corrected chi connectivity index (χ2v) is 15.0. The van der Waals surface area contributed by atoms with Crippen molar-refractivity contribution in [1.29, 1.82) is 0 Å². The molecule has 0 spiro atoms. The number of primary amides is 1. The van der Waals surface area contributed by atoms with Gasteiger partial charge in [-0.15, -0.1) is 0 Å². The first-order chi connectivity index (χ1) is 24.8. The second-order valence-electron chi connectivity index (χ2n) is 11.6. The summed E-state index contributed by atoms with van der Waals surface area (Å²) in [4.78, 5) is 100. The Morgan fingerprint density at radius 3 is 2.12 bits per heavy atom. The molecule has 10 N–H and O–H groups in total. The van der Waals surface area contributed by atoms with E-state index in [2.05, 4.69) is 30.1 Å². The number of amides is 6. The Morgan fingerprint density at radius 2 is 1.48 bits per heavy atom. The molecule has 0 bridgehead atoms. The van der Waals surface area contributed by atoms with Gasteiger partial charge in [-0.25, -0.2) is 0 Å². The van der Waals surface area contributed by atoms with Gasteiger partial charge in [0.15, 0.2) is 0 Å². The van der Waals surface area contributed by atoms with Gasteiger partial charge in [0.1, 0.15) is 5.75 Å². The van der Waals surface area contributed by atoms with Gasteiger partial charge < -0.3 is 21.5 Å². The number of phenols is 1. The first-order valence-electron chi connectivity index (χ1n) is 16.1. The number of hydrogen-bond donors (Lipinski definition) is 9. The summed E-state index contributed by atoms with van der Waals surface area (Å²) >= 11 is 0.0963. The van der Waals surface area contributed by atoms with E-state index >= 15 is 0 Å². The summed E-state index contributed by atoms with van der Waals surface area (Å²) in [5.74, 6) is -5.12. The predicted octanol–water partition coefficient (Wildman–Crippen LogP) is -5.16. The van der Waals surface area contributed by atoms with Crippen molar-refractivity contribution in [1.82, 2.24) is 30.1 Å². The maximum absolute atomic E-state index is 13.8. The molecule has 0 radical (unpaired) electrons. The molecule has 6 amide bonds. The number of phenolic OH excluding ortho intramolecular Hbond substituents is 1. The summed E-state index contributed by atoms with van der Waals surface area (Å²) in [5, 5.41) is 32.2. The van der Waals surface area contributed by atoms with Gasteiger partial charge in [0.05, 0.1) is 12.3 Å². The molecule has 0 aromatic heterocycles. The zero-order valence-corrected chi connectivity index (χ0v) is 30.9. The van der Waals surface area contributed by atoms with Crippen LogP contribution in [0.4, 0.5) is 0 Å². The number of nitrogens with one attached hydrogen (secondary N) is 6. The van der Waals surface area contributed by atoms with Crippen molar-refractivity contribution < 1.29 is 70.0 Å². The molecule has 0 aliphatic carbocycles. The van der Waals surface area contributed by atoms with Crippen LogP contribution in [-0.4, -0.2) is 104 Å². The standard InChI is InChI=1S/C33H41IN7O10S/c35-27(44)17-36-11-4-12-52-18-28(45)37-22(13-19-5-2-1-3-6-19)30(48)38-23(14-20-7-9-21(42)10-8-20)31(49)40-25(16-29(46)47)32(50)39-24-15-26(43)34-41-33(24)51/h1-3,5-10,22-25,36,42H,4,11-18H2,(H2,35,44)(H,37,45)(H,38,48)(H,39,50)(H,40,49)(H,41,51)(H,46,47)/q-1/t22-,23-,24-,25-/m0/s1. The van der Waals surface area contributed by atoms with E-state index in [1.807, 2.05) is 0 Å². The molecule has 1 aliphatic heterocycles. The van der Waals surface area contributed by atoms with Gasteiger partial charge in [0, 0.05) is 6.42 Å². The van der Waals surface area contributed by atoms with Gasteiger partial charge in [-0.05, 0) is 36.4 Å². The molecule has 4 atom stereocenters. The quantitative estimate of drug-likeness (QED) is 0.0247. The zero-order chi connectivity index (χ0) is 38.0. The molecule has 1 heterocycles. The van der Waals surface area contributed by atoms with Crippen molar-refractivity contribution in [3.8, 4) is 5.75 Å². The van der Waals surface area contributed by atoms with Crippen LogP contribution in [-0.2, 0) is 51.2 Å². The van der Waals surface area contributed by atoms with E-state index in [9.17, 15) is 48.6 Å².